The number of hydrogen-bond acceptors (Lipinski definition) is 22. The Morgan fingerprint density at radius 3 is 1.98 bits per heavy atom. The van der Waals surface area contributed by atoms with Crippen molar-refractivity contribution < 1.29 is 91.1 Å². The van der Waals surface area contributed by atoms with Gasteiger partial charge in [-0.3, -0.25) is 58.4 Å². The van der Waals surface area contributed by atoms with Crippen LogP contribution in [0.5, 0.6) is 5.75 Å². The molecule has 1 saturated heterocycles. The molecule has 0 spiro atoms. The average Bonchev–Trinajstić information content (AvgIpc) is 1.39. The number of nitrogens with zero attached hydrogens (tertiary/aromatic N) is 4. The van der Waals surface area contributed by atoms with Crippen LogP contribution >= 0.6 is 11.3 Å². The molecular formula is C79H122N14O19S. The first kappa shape index (κ1) is 94.2. The van der Waals surface area contributed by atoms with Crippen LogP contribution in [-0.2, 0) is 79.8 Å². The molecule has 13 amide bonds. The SMILES string of the molecule is CCCO[C@H](C[C@H](C(C)C)N(CCC)C(=O)C(NC(=O)[C@H]1CCCCN1C)[C@@H](C)CC)c1nc(C(=O)N[C@H](Cc2ccc(O)cc2)C[C@@H](C)C(=O)NNC(=O)OCCOCCOCCOCCNC(=O)OCc2ccc(NC(=O)C(CCCNC(N)=O)NC(=O)[C@H](NC(=O)CCCCCN3C(=O)C=CC3=O)C(C)C)cc2)cs1. The van der Waals surface area contributed by atoms with Gasteiger partial charge in [-0.25, -0.2) is 24.8 Å². The number of likely N-dealkylation sites (N-methyl/N-ethyl adjacent to an activating group) is 1. The number of benzene rings is 2. The van der Waals surface area contributed by atoms with Gasteiger partial charge in [-0.15, -0.1) is 11.3 Å². The second kappa shape index (κ2) is 51.4. The van der Waals surface area contributed by atoms with Crippen molar-refractivity contribution in [1.29, 1.82) is 0 Å². The lowest BCUT2D eigenvalue weighted by molar-refractivity contribution is -0.143. The number of hydrogen-bond donors (Lipinski definition) is 11. The maximum atomic E-state index is 14.9. The van der Waals surface area contributed by atoms with Crippen molar-refractivity contribution in [3.05, 3.63) is 87.9 Å². The second-order valence-corrected chi connectivity index (χ2v) is 30.0. The Bertz CT molecular complexity index is 3510. The van der Waals surface area contributed by atoms with Gasteiger partial charge in [0.2, 0.25) is 35.4 Å². The molecule has 5 rings (SSSR count). The number of alkyl carbamates (subject to hydrolysis) is 1. The minimum absolute atomic E-state index is 0.00732. The zero-order valence-electron chi connectivity index (χ0n) is 67.3. The number of urea groups is 1. The maximum Gasteiger partial charge on any atom is 0.426 e. The minimum Gasteiger partial charge on any atom is -0.508 e. The molecular weight excluding hydrogens is 1480 g/mol. The molecule has 3 heterocycles. The van der Waals surface area contributed by atoms with Gasteiger partial charge in [0.05, 0.1) is 45.7 Å². The zero-order valence-corrected chi connectivity index (χ0v) is 68.1. The zero-order chi connectivity index (χ0) is 82.8. The van der Waals surface area contributed by atoms with Crippen molar-refractivity contribution in [2.24, 2.45) is 29.4 Å². The van der Waals surface area contributed by atoms with Crippen LogP contribution < -0.4 is 53.8 Å². The highest BCUT2D eigenvalue weighted by molar-refractivity contribution is 7.09. The molecule has 628 valence electrons. The highest BCUT2D eigenvalue weighted by Crippen LogP contribution is 2.32. The first-order valence-electron chi connectivity index (χ1n) is 39.5. The molecule has 9 atom stereocenters. The monoisotopic (exact) mass is 1600 g/mol. The van der Waals surface area contributed by atoms with E-state index in [1.54, 1.807) is 62.5 Å². The Hall–Kier alpha value is -9.35. The standard InChI is InChI=1S/C79H122N14O19S/c1-11-35-92(76(103)69(53(8)13-3)88-73(101)62-21-16-18-36-91(62)10)63(51(4)5)48-64(110-38-12-2)75-86-61(50-113-75)72(100)84-58(47-55-25-29-59(94)30-26-55)46-54(9)70(98)89-90-79(106)111-45-44-109-43-42-108-41-40-107-39-34-82-78(105)112-49-56-23-27-57(28-24-56)83-71(99)60(20-19-33-81-77(80)104)85-74(102)68(52(6)7)87-65(95)22-15-14-17-37-93-66(96)31-32-67(93)97/h23-32,50-54,58,60,62-64,68-69,94H,11-22,33-49H2,1-10H3,(H,82,105)(H,83,99)(H,84,100)(H,85,102)(H,87,95)(H,88,101)(H,89,98)(H,90,106)(H3,80,81,104)/t53-,54+,58-,60?,62+,63+,64+,68+,69?/m0/s1. The molecule has 2 aromatic carbocycles. The molecule has 3 aromatic rings. The predicted molar refractivity (Wildman–Crippen MR) is 423 cm³/mol. The first-order chi connectivity index (χ1) is 54.1. The number of nitrogens with two attached hydrogens (primary N) is 1. The fourth-order valence-electron chi connectivity index (χ4n) is 12.7. The highest BCUT2D eigenvalue weighted by Gasteiger charge is 2.39. The molecule has 0 radical (unpaired) electrons. The summed E-state index contributed by atoms with van der Waals surface area (Å²) in [5, 5.41) is 31.8. The molecule has 2 aliphatic heterocycles. The summed E-state index contributed by atoms with van der Waals surface area (Å²) in [5.41, 5.74) is 11.8. The molecule has 34 heteroatoms. The van der Waals surface area contributed by atoms with E-state index in [1.807, 2.05) is 39.6 Å². The number of anilines is 1. The van der Waals surface area contributed by atoms with Gasteiger partial charge >= 0.3 is 18.2 Å². The largest absolute Gasteiger partial charge is 0.508 e. The number of ether oxygens (including phenoxy) is 6. The Morgan fingerprint density at radius 2 is 1.35 bits per heavy atom. The summed E-state index contributed by atoms with van der Waals surface area (Å²) in [5.74, 6) is -4.70. The molecule has 2 aliphatic rings. The second-order valence-electron chi connectivity index (χ2n) is 29.1. The number of thiazole rings is 1. The smallest absolute Gasteiger partial charge is 0.426 e. The van der Waals surface area contributed by atoms with Gasteiger partial charge in [0.15, 0.2) is 0 Å². The number of amides is 13. The molecule has 1 aromatic heterocycles. The molecule has 33 nitrogen and oxygen atoms in total. The summed E-state index contributed by atoms with van der Waals surface area (Å²) in [6.45, 7) is 20.4. The number of aromatic hydroxyl groups is 1. The van der Waals surface area contributed by atoms with Crippen molar-refractivity contribution in [3.63, 3.8) is 0 Å². The average molecular weight is 1600 g/mol. The van der Waals surface area contributed by atoms with E-state index in [-0.39, 0.29) is 175 Å². The van der Waals surface area contributed by atoms with Crippen LogP contribution in [0.1, 0.15) is 185 Å². The third-order valence-corrected chi connectivity index (χ3v) is 20.2. The fraction of sp³-hybridized carbons (Fsp3) is 0.633. The number of carbonyl (C=O) groups is 12. The van der Waals surface area contributed by atoms with Gasteiger partial charge in [-0.2, -0.15) is 0 Å². The number of rotatable bonds is 52. The van der Waals surface area contributed by atoms with E-state index in [1.165, 1.54) is 35.6 Å². The van der Waals surface area contributed by atoms with E-state index < -0.39 is 78.0 Å². The van der Waals surface area contributed by atoms with Crippen molar-refractivity contribution in [3.8, 4) is 5.75 Å². The summed E-state index contributed by atoms with van der Waals surface area (Å²) in [6, 6.07) is 8.26. The lowest BCUT2D eigenvalue weighted by Crippen LogP contribution is -2.58. The molecule has 0 bridgehead atoms. The number of hydrazine groups is 1. The van der Waals surface area contributed by atoms with Crippen molar-refractivity contribution in [2.75, 3.05) is 97.9 Å². The summed E-state index contributed by atoms with van der Waals surface area (Å²) in [7, 11) is 1.96. The Labute approximate surface area is 667 Å². The van der Waals surface area contributed by atoms with Crippen LogP contribution in [0.4, 0.5) is 20.1 Å². The van der Waals surface area contributed by atoms with E-state index in [4.69, 9.17) is 39.1 Å². The van der Waals surface area contributed by atoms with Crippen LogP contribution in [0.25, 0.3) is 0 Å². The van der Waals surface area contributed by atoms with Gasteiger partial charge in [-0.1, -0.05) is 106 Å². The Balaban J connectivity index is 0.970. The summed E-state index contributed by atoms with van der Waals surface area (Å²) in [4.78, 5) is 166. The first-order valence-corrected chi connectivity index (χ1v) is 40.4. The van der Waals surface area contributed by atoms with E-state index >= 15 is 0 Å². The van der Waals surface area contributed by atoms with Gasteiger partial charge in [0.25, 0.3) is 17.7 Å². The van der Waals surface area contributed by atoms with Gasteiger partial charge in [0.1, 0.15) is 53.9 Å². The number of nitrogens with one attached hydrogen (secondary N) is 9. The topological polar surface area (TPSA) is 437 Å². The number of aromatic nitrogens is 1. The third kappa shape index (κ3) is 34.5. The van der Waals surface area contributed by atoms with Crippen LogP contribution in [0, 0.1) is 23.7 Å². The summed E-state index contributed by atoms with van der Waals surface area (Å²) >= 11 is 1.29. The summed E-state index contributed by atoms with van der Waals surface area (Å²) in [6.07, 6.45) is 7.91. The van der Waals surface area contributed by atoms with E-state index in [0.29, 0.717) is 67.9 Å². The molecule has 0 saturated carbocycles. The molecule has 12 N–H and O–H groups in total. The van der Waals surface area contributed by atoms with Gasteiger partial charge in [0, 0.05) is 86.8 Å². The minimum atomic E-state index is -1.07. The van der Waals surface area contributed by atoms with Crippen LogP contribution in [0.2, 0.25) is 0 Å². The Morgan fingerprint density at radius 1 is 0.673 bits per heavy atom. The molecule has 0 aliphatic carbocycles. The van der Waals surface area contributed by atoms with Crippen LogP contribution in [0.3, 0.4) is 0 Å². The van der Waals surface area contributed by atoms with Gasteiger partial charge in [-0.05, 0) is 131 Å². The molecule has 113 heavy (non-hydrogen) atoms. The number of piperidine rings is 1. The van der Waals surface area contributed by atoms with Crippen molar-refractivity contribution in [1.82, 2.24) is 62.4 Å². The summed E-state index contributed by atoms with van der Waals surface area (Å²) < 4.78 is 33.5. The number of likely N-dealkylation sites (tertiary alicyclic amines) is 1. The number of imide groups is 1. The third-order valence-electron chi connectivity index (χ3n) is 19.3. The quantitative estimate of drug-likeness (QED) is 0.0161. The van der Waals surface area contributed by atoms with E-state index in [2.05, 4.69) is 66.8 Å². The predicted octanol–water partition coefficient (Wildman–Crippen LogP) is 6.58. The van der Waals surface area contributed by atoms with Gasteiger partial charge < -0.3 is 81.4 Å². The highest BCUT2D eigenvalue weighted by atomic mass is 32.1. The number of phenolic OH excluding ortho intramolecular Hbond substituents is 1. The maximum absolute atomic E-state index is 14.9. The molecule has 2 unspecified atom stereocenters. The number of primary amides is 1. The van der Waals surface area contributed by atoms with Crippen molar-refractivity contribution >= 4 is 88.4 Å². The van der Waals surface area contributed by atoms with Crippen LogP contribution in [-0.4, -0.2) is 225 Å². The number of unbranched alkanes of at least 4 members (excludes halogenated alkanes) is 2. The van der Waals surface area contributed by atoms with Crippen molar-refractivity contribution in [2.45, 2.75) is 208 Å². The lowest BCUT2D eigenvalue weighted by Gasteiger charge is -2.40. The normalized spacial score (nSPS) is 15.7. The lowest BCUT2D eigenvalue weighted by atomic mass is 9.92. The fourth-order valence-corrected chi connectivity index (χ4v) is 13.5. The van der Waals surface area contributed by atoms with Crippen LogP contribution in [0.15, 0.2) is 66.1 Å². The number of phenols is 1. The van der Waals surface area contributed by atoms with E-state index in [9.17, 15) is 62.6 Å². The van der Waals surface area contributed by atoms with E-state index in [0.717, 1.165) is 42.7 Å². The molecule has 1 fully saturated rings. The number of carbonyl (C=O) groups excluding carboxylic acids is 12. The Kier molecular flexibility index (Phi) is 42.9.